The number of methoxy groups -OCH3 is 2. The van der Waals surface area contributed by atoms with E-state index in [1.54, 1.807) is 14.2 Å². The summed E-state index contributed by atoms with van der Waals surface area (Å²) in [6.07, 6.45) is 1.99. The van der Waals surface area contributed by atoms with Gasteiger partial charge in [0.25, 0.3) is 5.91 Å². The molecule has 0 heterocycles. The summed E-state index contributed by atoms with van der Waals surface area (Å²) < 4.78 is 16.3. The SMILES string of the molecule is C=C(N)c1cccc(CC(COC(C)=O)C(CCc2ccccc2)NC(=O)c2ccc(-c3ccc(OC)c(OC)c3)cc2)c1. The average Bonchev–Trinajstić information content (AvgIpc) is 3.05. The molecule has 228 valence electrons. The molecule has 7 nitrogen and oxygen atoms in total. The van der Waals surface area contributed by atoms with E-state index in [9.17, 15) is 9.59 Å². The van der Waals surface area contributed by atoms with Crippen molar-refractivity contribution < 1.29 is 23.8 Å². The second kappa shape index (κ2) is 15.4. The molecular formula is C37H40N2O5. The molecule has 44 heavy (non-hydrogen) atoms. The maximum absolute atomic E-state index is 13.7. The predicted octanol–water partition coefficient (Wildman–Crippen LogP) is 6.45. The van der Waals surface area contributed by atoms with Gasteiger partial charge in [0.1, 0.15) is 0 Å². The average molecular weight is 593 g/mol. The van der Waals surface area contributed by atoms with Crippen LogP contribution in [-0.4, -0.2) is 38.7 Å². The van der Waals surface area contributed by atoms with E-state index in [4.69, 9.17) is 19.9 Å². The molecule has 0 aromatic heterocycles. The highest BCUT2D eigenvalue weighted by molar-refractivity contribution is 5.95. The maximum Gasteiger partial charge on any atom is 0.302 e. The largest absolute Gasteiger partial charge is 0.493 e. The van der Waals surface area contributed by atoms with E-state index in [1.807, 2.05) is 84.9 Å². The van der Waals surface area contributed by atoms with Gasteiger partial charge >= 0.3 is 5.97 Å². The Kier molecular flexibility index (Phi) is 11.2. The van der Waals surface area contributed by atoms with Crippen molar-refractivity contribution in [2.45, 2.75) is 32.2 Å². The lowest BCUT2D eigenvalue weighted by Gasteiger charge is -2.28. The second-order valence-electron chi connectivity index (χ2n) is 10.7. The van der Waals surface area contributed by atoms with Crippen LogP contribution in [0.15, 0.2) is 104 Å². The van der Waals surface area contributed by atoms with E-state index in [2.05, 4.69) is 24.0 Å². The first-order valence-electron chi connectivity index (χ1n) is 14.6. The summed E-state index contributed by atoms with van der Waals surface area (Å²) in [6.45, 7) is 5.42. The normalized spacial score (nSPS) is 12.1. The number of rotatable bonds is 14. The summed E-state index contributed by atoms with van der Waals surface area (Å²) in [5.41, 5.74) is 11.9. The summed E-state index contributed by atoms with van der Waals surface area (Å²) >= 11 is 0. The number of carbonyl (C=O) groups is 2. The van der Waals surface area contributed by atoms with Crippen molar-refractivity contribution in [3.8, 4) is 22.6 Å². The topological polar surface area (TPSA) is 99.9 Å². The smallest absolute Gasteiger partial charge is 0.302 e. The number of benzene rings is 4. The molecule has 7 heteroatoms. The molecule has 4 rings (SSSR count). The number of hydrogen-bond acceptors (Lipinski definition) is 6. The third kappa shape index (κ3) is 8.74. The van der Waals surface area contributed by atoms with E-state index < -0.39 is 0 Å². The van der Waals surface area contributed by atoms with Gasteiger partial charge in [-0.3, -0.25) is 9.59 Å². The first-order chi connectivity index (χ1) is 21.3. The van der Waals surface area contributed by atoms with Crippen molar-refractivity contribution in [1.82, 2.24) is 5.32 Å². The van der Waals surface area contributed by atoms with Crippen LogP contribution in [0.4, 0.5) is 0 Å². The van der Waals surface area contributed by atoms with Crippen LogP contribution in [0.25, 0.3) is 16.8 Å². The number of amides is 1. The van der Waals surface area contributed by atoms with Gasteiger partial charge in [-0.2, -0.15) is 0 Å². The van der Waals surface area contributed by atoms with Crippen LogP contribution in [0.5, 0.6) is 11.5 Å². The van der Waals surface area contributed by atoms with Crippen molar-refractivity contribution in [3.05, 3.63) is 126 Å². The number of hydrogen-bond donors (Lipinski definition) is 2. The molecule has 4 aromatic carbocycles. The number of ether oxygens (including phenoxy) is 3. The summed E-state index contributed by atoms with van der Waals surface area (Å²) in [5.74, 6) is 0.542. The standard InChI is InChI=1S/C37H40N2O5/c1-25(38)31-12-8-11-28(21-31)22-33(24-44-26(2)40)34(19-13-27-9-6-5-7-10-27)39-37(41)30-16-14-29(15-17-30)32-18-20-35(42-3)36(23-32)43-4/h5-12,14-18,20-21,23,33-34H,1,13,19,22,24,38H2,2-4H3,(H,39,41). The Morgan fingerprint density at radius 2 is 1.48 bits per heavy atom. The van der Waals surface area contributed by atoms with E-state index in [0.717, 1.165) is 28.7 Å². The fraction of sp³-hybridized carbons (Fsp3) is 0.243. The molecule has 2 atom stereocenters. The van der Waals surface area contributed by atoms with Gasteiger partial charge in [-0.1, -0.05) is 73.3 Å². The molecule has 0 aliphatic rings. The molecule has 0 bridgehead atoms. The zero-order valence-corrected chi connectivity index (χ0v) is 25.5. The number of nitrogens with two attached hydrogens (primary N) is 1. The Balaban J connectivity index is 1.58. The van der Waals surface area contributed by atoms with Gasteiger partial charge in [-0.25, -0.2) is 0 Å². The molecule has 2 unspecified atom stereocenters. The van der Waals surface area contributed by atoms with Gasteiger partial charge < -0.3 is 25.3 Å². The molecule has 0 radical (unpaired) electrons. The lowest BCUT2D eigenvalue weighted by Crippen LogP contribution is -2.43. The fourth-order valence-corrected chi connectivity index (χ4v) is 5.22. The zero-order valence-electron chi connectivity index (χ0n) is 25.5. The van der Waals surface area contributed by atoms with Crippen molar-refractivity contribution in [3.63, 3.8) is 0 Å². The van der Waals surface area contributed by atoms with E-state index in [0.29, 0.717) is 35.6 Å². The molecule has 4 aromatic rings. The van der Waals surface area contributed by atoms with Crippen LogP contribution in [-0.2, 0) is 22.4 Å². The third-order valence-electron chi connectivity index (χ3n) is 7.63. The third-order valence-corrected chi connectivity index (χ3v) is 7.63. The van der Waals surface area contributed by atoms with Gasteiger partial charge in [-0.15, -0.1) is 0 Å². The lowest BCUT2D eigenvalue weighted by atomic mass is 9.88. The van der Waals surface area contributed by atoms with Crippen LogP contribution in [0.3, 0.4) is 0 Å². The number of esters is 1. The van der Waals surface area contributed by atoms with Gasteiger partial charge in [0.15, 0.2) is 11.5 Å². The Morgan fingerprint density at radius 3 is 2.14 bits per heavy atom. The van der Waals surface area contributed by atoms with Crippen molar-refractivity contribution in [1.29, 1.82) is 0 Å². The lowest BCUT2D eigenvalue weighted by molar-refractivity contribution is -0.142. The highest BCUT2D eigenvalue weighted by Crippen LogP contribution is 2.32. The molecule has 0 aliphatic carbocycles. The van der Waals surface area contributed by atoms with Crippen molar-refractivity contribution in [2.75, 3.05) is 20.8 Å². The fourth-order valence-electron chi connectivity index (χ4n) is 5.22. The minimum atomic E-state index is -0.363. The molecule has 1 amide bonds. The minimum Gasteiger partial charge on any atom is -0.493 e. The zero-order chi connectivity index (χ0) is 31.5. The minimum absolute atomic E-state index is 0.168. The summed E-state index contributed by atoms with van der Waals surface area (Å²) in [5, 5.41) is 3.27. The monoisotopic (exact) mass is 592 g/mol. The van der Waals surface area contributed by atoms with Gasteiger partial charge in [-0.05, 0) is 77.4 Å². The van der Waals surface area contributed by atoms with Gasteiger partial charge in [0, 0.05) is 30.1 Å². The van der Waals surface area contributed by atoms with Crippen LogP contribution in [0, 0.1) is 5.92 Å². The number of nitrogens with one attached hydrogen (secondary N) is 1. The van der Waals surface area contributed by atoms with Gasteiger partial charge in [0.05, 0.1) is 20.8 Å². The Bertz CT molecular complexity index is 1570. The highest BCUT2D eigenvalue weighted by atomic mass is 16.5. The molecule has 0 aliphatic heterocycles. The maximum atomic E-state index is 13.7. The first-order valence-corrected chi connectivity index (χ1v) is 14.6. The van der Waals surface area contributed by atoms with Crippen LogP contribution in [0.1, 0.15) is 40.4 Å². The molecule has 0 spiro atoms. The van der Waals surface area contributed by atoms with E-state index in [1.165, 1.54) is 12.5 Å². The first kappa shape index (κ1) is 31.9. The van der Waals surface area contributed by atoms with Crippen LogP contribution in [0.2, 0.25) is 0 Å². The van der Waals surface area contributed by atoms with E-state index >= 15 is 0 Å². The van der Waals surface area contributed by atoms with Gasteiger partial charge in [0.2, 0.25) is 0 Å². The predicted molar refractivity (Wildman–Crippen MR) is 174 cm³/mol. The Morgan fingerprint density at radius 1 is 0.795 bits per heavy atom. The van der Waals surface area contributed by atoms with E-state index in [-0.39, 0.29) is 30.4 Å². The van der Waals surface area contributed by atoms with Crippen molar-refractivity contribution >= 4 is 17.6 Å². The molecule has 0 fully saturated rings. The van der Waals surface area contributed by atoms with Crippen LogP contribution >= 0.6 is 0 Å². The number of aryl methyl sites for hydroxylation is 1. The van der Waals surface area contributed by atoms with Crippen molar-refractivity contribution in [2.24, 2.45) is 11.7 Å². The summed E-state index contributed by atoms with van der Waals surface area (Å²) in [6, 6.07) is 30.9. The molecule has 3 N–H and O–H groups in total. The summed E-state index contributed by atoms with van der Waals surface area (Å²) in [7, 11) is 3.20. The molecule has 0 saturated heterocycles. The number of carbonyl (C=O) groups excluding carboxylic acids is 2. The highest BCUT2D eigenvalue weighted by Gasteiger charge is 2.26. The summed E-state index contributed by atoms with van der Waals surface area (Å²) in [4.78, 5) is 25.5. The quantitative estimate of drug-likeness (QED) is 0.163. The second-order valence-corrected chi connectivity index (χ2v) is 10.7. The Hall–Kier alpha value is -5.04. The Labute approximate surface area is 259 Å². The van der Waals surface area contributed by atoms with Crippen LogP contribution < -0.4 is 20.5 Å². The molecular weight excluding hydrogens is 552 g/mol. The molecule has 0 saturated carbocycles.